The number of nitrogens with one attached hydrogen (secondary N) is 2. The van der Waals surface area contributed by atoms with Crippen molar-refractivity contribution in [2.75, 3.05) is 5.32 Å². The standard InChI is InChI=1S/C20H23N3O3/c1-14(24)22-17-12-10-16(11-13-17)20(26)23-18(19(21)25)9-5-8-15-6-3-2-4-7-15/h2-4,6-7,10-13,18H,5,8-9H2,1H3,(H2,21,25)(H,22,24)(H,23,26)/t18-/m0/s1. The minimum Gasteiger partial charge on any atom is -0.368 e. The van der Waals surface area contributed by atoms with Crippen LogP contribution in [0.3, 0.4) is 0 Å². The van der Waals surface area contributed by atoms with Crippen LogP contribution in [-0.4, -0.2) is 23.8 Å². The first-order valence-electron chi connectivity index (χ1n) is 8.47. The Balaban J connectivity index is 1.90. The van der Waals surface area contributed by atoms with Gasteiger partial charge in [-0.15, -0.1) is 0 Å². The van der Waals surface area contributed by atoms with Gasteiger partial charge in [0.25, 0.3) is 5.91 Å². The summed E-state index contributed by atoms with van der Waals surface area (Å²) in [7, 11) is 0. The molecule has 0 aliphatic carbocycles. The molecule has 1 atom stereocenters. The topological polar surface area (TPSA) is 101 Å². The molecule has 0 saturated carbocycles. The van der Waals surface area contributed by atoms with Crippen molar-refractivity contribution in [2.24, 2.45) is 5.73 Å². The highest BCUT2D eigenvalue weighted by molar-refractivity contribution is 5.98. The Hall–Kier alpha value is -3.15. The van der Waals surface area contributed by atoms with E-state index in [9.17, 15) is 14.4 Å². The van der Waals surface area contributed by atoms with E-state index in [0.717, 1.165) is 12.8 Å². The Morgan fingerprint density at radius 2 is 1.65 bits per heavy atom. The highest BCUT2D eigenvalue weighted by atomic mass is 16.2. The number of carbonyl (C=O) groups excluding carboxylic acids is 3. The van der Waals surface area contributed by atoms with Gasteiger partial charge in [0, 0.05) is 18.2 Å². The Kier molecular flexibility index (Phi) is 6.91. The van der Waals surface area contributed by atoms with E-state index in [1.54, 1.807) is 24.3 Å². The van der Waals surface area contributed by atoms with Gasteiger partial charge in [-0.1, -0.05) is 30.3 Å². The number of hydrogen-bond acceptors (Lipinski definition) is 3. The first-order chi connectivity index (χ1) is 12.5. The van der Waals surface area contributed by atoms with E-state index in [1.165, 1.54) is 12.5 Å². The average molecular weight is 353 g/mol. The van der Waals surface area contributed by atoms with E-state index < -0.39 is 11.9 Å². The fraction of sp³-hybridized carbons (Fsp3) is 0.250. The average Bonchev–Trinajstić information content (AvgIpc) is 2.61. The molecule has 0 fully saturated rings. The highest BCUT2D eigenvalue weighted by Crippen LogP contribution is 2.11. The molecule has 2 aromatic carbocycles. The normalized spacial score (nSPS) is 11.4. The molecule has 2 aromatic rings. The zero-order valence-corrected chi connectivity index (χ0v) is 14.7. The molecule has 0 spiro atoms. The van der Waals surface area contributed by atoms with Crippen molar-refractivity contribution in [3.05, 3.63) is 65.7 Å². The predicted molar refractivity (Wildman–Crippen MR) is 101 cm³/mol. The molecule has 6 nitrogen and oxygen atoms in total. The number of primary amides is 1. The second kappa shape index (κ2) is 9.36. The third-order valence-electron chi connectivity index (χ3n) is 3.92. The number of aryl methyl sites for hydroxylation is 1. The summed E-state index contributed by atoms with van der Waals surface area (Å²) in [5, 5.41) is 5.31. The first kappa shape index (κ1) is 19.2. The van der Waals surface area contributed by atoms with Gasteiger partial charge in [0.05, 0.1) is 0 Å². The quantitative estimate of drug-likeness (QED) is 0.678. The maximum atomic E-state index is 12.3. The van der Waals surface area contributed by atoms with E-state index in [-0.39, 0.29) is 11.8 Å². The molecule has 0 aromatic heterocycles. The summed E-state index contributed by atoms with van der Waals surface area (Å²) in [6.45, 7) is 1.41. The van der Waals surface area contributed by atoms with Crippen molar-refractivity contribution < 1.29 is 14.4 Å². The second-order valence-electron chi connectivity index (χ2n) is 6.06. The summed E-state index contributed by atoms with van der Waals surface area (Å²) in [5.41, 5.74) is 7.59. The number of hydrogen-bond donors (Lipinski definition) is 3. The molecular formula is C20H23N3O3. The zero-order valence-electron chi connectivity index (χ0n) is 14.7. The fourth-order valence-electron chi connectivity index (χ4n) is 2.59. The first-order valence-corrected chi connectivity index (χ1v) is 8.47. The SMILES string of the molecule is CC(=O)Nc1ccc(C(=O)N[C@@H](CCCc2ccccc2)C(N)=O)cc1. The van der Waals surface area contributed by atoms with Gasteiger partial charge in [-0.2, -0.15) is 0 Å². The molecule has 0 aliphatic heterocycles. The number of nitrogens with two attached hydrogens (primary N) is 1. The van der Waals surface area contributed by atoms with Crippen LogP contribution in [-0.2, 0) is 16.0 Å². The maximum Gasteiger partial charge on any atom is 0.251 e. The lowest BCUT2D eigenvalue weighted by Crippen LogP contribution is -2.44. The number of carbonyl (C=O) groups is 3. The van der Waals surface area contributed by atoms with Crippen LogP contribution in [0, 0.1) is 0 Å². The predicted octanol–water partition coefficient (Wildman–Crippen LogP) is 2.25. The molecule has 0 heterocycles. The summed E-state index contributed by atoms with van der Waals surface area (Å²) >= 11 is 0. The molecule has 0 saturated heterocycles. The van der Waals surface area contributed by atoms with Crippen LogP contribution in [0.4, 0.5) is 5.69 Å². The van der Waals surface area contributed by atoms with Gasteiger partial charge in [0.2, 0.25) is 11.8 Å². The number of anilines is 1. The third kappa shape index (κ3) is 6.05. The smallest absolute Gasteiger partial charge is 0.251 e. The molecular weight excluding hydrogens is 330 g/mol. The summed E-state index contributed by atoms with van der Waals surface area (Å²) < 4.78 is 0. The van der Waals surface area contributed by atoms with Gasteiger partial charge in [-0.25, -0.2) is 0 Å². The summed E-state index contributed by atoms with van der Waals surface area (Å²) in [6, 6.07) is 15.6. The largest absolute Gasteiger partial charge is 0.368 e. The van der Waals surface area contributed by atoms with E-state index in [0.29, 0.717) is 17.7 Å². The molecule has 2 rings (SSSR count). The van der Waals surface area contributed by atoms with Crippen LogP contribution in [0.25, 0.3) is 0 Å². The van der Waals surface area contributed by atoms with Gasteiger partial charge < -0.3 is 16.4 Å². The zero-order chi connectivity index (χ0) is 18.9. The molecule has 3 amide bonds. The molecule has 26 heavy (non-hydrogen) atoms. The van der Waals surface area contributed by atoms with Crippen LogP contribution in [0.1, 0.15) is 35.7 Å². The molecule has 136 valence electrons. The number of benzene rings is 2. The molecule has 0 aliphatic rings. The minimum absolute atomic E-state index is 0.186. The Bertz CT molecular complexity index is 758. The Morgan fingerprint density at radius 1 is 1.00 bits per heavy atom. The lowest BCUT2D eigenvalue weighted by atomic mass is 10.0. The molecule has 4 N–H and O–H groups in total. The van der Waals surface area contributed by atoms with Crippen LogP contribution < -0.4 is 16.4 Å². The fourth-order valence-corrected chi connectivity index (χ4v) is 2.59. The van der Waals surface area contributed by atoms with Gasteiger partial charge in [-0.3, -0.25) is 14.4 Å². The molecule has 0 unspecified atom stereocenters. The summed E-state index contributed by atoms with van der Waals surface area (Å²) in [6.07, 6.45) is 2.02. The van der Waals surface area contributed by atoms with Crippen LogP contribution in [0.15, 0.2) is 54.6 Å². The van der Waals surface area contributed by atoms with Crippen molar-refractivity contribution >= 4 is 23.4 Å². The third-order valence-corrected chi connectivity index (χ3v) is 3.92. The lowest BCUT2D eigenvalue weighted by Gasteiger charge is -2.15. The van der Waals surface area contributed by atoms with Gasteiger partial charge in [0.1, 0.15) is 6.04 Å². The number of rotatable bonds is 8. The Morgan fingerprint density at radius 3 is 2.23 bits per heavy atom. The van der Waals surface area contributed by atoms with Crippen molar-refractivity contribution in [1.82, 2.24) is 5.32 Å². The Labute approximate surface area is 152 Å². The van der Waals surface area contributed by atoms with Crippen LogP contribution in [0.5, 0.6) is 0 Å². The van der Waals surface area contributed by atoms with Crippen molar-refractivity contribution in [3.8, 4) is 0 Å². The van der Waals surface area contributed by atoms with E-state index in [2.05, 4.69) is 10.6 Å². The van der Waals surface area contributed by atoms with Crippen LogP contribution in [0.2, 0.25) is 0 Å². The monoisotopic (exact) mass is 353 g/mol. The van der Waals surface area contributed by atoms with Crippen molar-refractivity contribution in [1.29, 1.82) is 0 Å². The second-order valence-corrected chi connectivity index (χ2v) is 6.06. The summed E-state index contributed by atoms with van der Waals surface area (Å²) in [4.78, 5) is 35.0. The minimum atomic E-state index is -0.721. The van der Waals surface area contributed by atoms with Gasteiger partial charge in [0.15, 0.2) is 0 Å². The van der Waals surface area contributed by atoms with E-state index >= 15 is 0 Å². The van der Waals surface area contributed by atoms with Crippen molar-refractivity contribution in [2.45, 2.75) is 32.2 Å². The highest BCUT2D eigenvalue weighted by Gasteiger charge is 2.18. The van der Waals surface area contributed by atoms with Gasteiger partial charge >= 0.3 is 0 Å². The summed E-state index contributed by atoms with van der Waals surface area (Å²) in [5.74, 6) is -1.11. The van der Waals surface area contributed by atoms with E-state index in [4.69, 9.17) is 5.73 Å². The van der Waals surface area contributed by atoms with Crippen LogP contribution >= 0.6 is 0 Å². The molecule has 6 heteroatoms. The van der Waals surface area contributed by atoms with Crippen molar-refractivity contribution in [3.63, 3.8) is 0 Å². The lowest BCUT2D eigenvalue weighted by molar-refractivity contribution is -0.120. The number of amides is 3. The van der Waals surface area contributed by atoms with E-state index in [1.807, 2.05) is 30.3 Å². The maximum absolute atomic E-state index is 12.3. The molecule has 0 bridgehead atoms. The molecule has 0 radical (unpaired) electrons. The van der Waals surface area contributed by atoms with Gasteiger partial charge in [-0.05, 0) is 49.1 Å².